The zero-order chi connectivity index (χ0) is 10.3. The van der Waals surface area contributed by atoms with Crippen LogP contribution >= 0.6 is 0 Å². The van der Waals surface area contributed by atoms with Gasteiger partial charge in [0.15, 0.2) is 0 Å². The molecule has 0 saturated carbocycles. The van der Waals surface area contributed by atoms with Gasteiger partial charge in [0.25, 0.3) is 0 Å². The molecule has 15 heavy (non-hydrogen) atoms. The largest absolute Gasteiger partial charge is 0.319 e. The van der Waals surface area contributed by atoms with E-state index in [9.17, 15) is 0 Å². The highest BCUT2D eigenvalue weighted by Gasteiger charge is 2.41. The number of para-hydroxylation sites is 1. The van der Waals surface area contributed by atoms with Crippen molar-refractivity contribution < 1.29 is 0 Å². The van der Waals surface area contributed by atoms with Gasteiger partial charge in [0.2, 0.25) is 0 Å². The van der Waals surface area contributed by atoms with Crippen molar-refractivity contribution in [1.29, 1.82) is 0 Å². The lowest BCUT2D eigenvalue weighted by Gasteiger charge is -2.32. The highest BCUT2D eigenvalue weighted by Crippen LogP contribution is 2.29. The second-order valence-electron chi connectivity index (χ2n) is 4.61. The number of anilines is 1. The summed E-state index contributed by atoms with van der Waals surface area (Å²) in [6.45, 7) is 2.35. The molecule has 3 rings (SSSR count). The Hall–Kier alpha value is -1.06. The van der Waals surface area contributed by atoms with Gasteiger partial charge < -0.3 is 10.3 Å². The number of nitrogens with one attached hydrogen (secondary N) is 1. The van der Waals surface area contributed by atoms with Gasteiger partial charge in [-0.1, -0.05) is 18.2 Å². The van der Waals surface area contributed by atoms with Crippen molar-refractivity contribution in [2.24, 2.45) is 0 Å². The minimum absolute atomic E-state index is 0.695. The molecule has 3 nitrogen and oxygen atoms in total. The van der Waals surface area contributed by atoms with Crippen molar-refractivity contribution in [3.8, 4) is 0 Å². The monoisotopic (exact) mass is 203 g/mol. The van der Waals surface area contributed by atoms with Gasteiger partial charge in [-0.05, 0) is 25.6 Å². The summed E-state index contributed by atoms with van der Waals surface area (Å²) in [6, 6.07) is 11.9. The summed E-state index contributed by atoms with van der Waals surface area (Å²) in [4.78, 5) is 2.47. The summed E-state index contributed by atoms with van der Waals surface area (Å²) in [5.74, 6) is 0. The maximum Gasteiger partial charge on any atom is 0.0490 e. The molecule has 2 aliphatic rings. The van der Waals surface area contributed by atoms with E-state index < -0.39 is 0 Å². The van der Waals surface area contributed by atoms with Crippen LogP contribution < -0.4 is 5.43 Å². The van der Waals surface area contributed by atoms with E-state index in [1.165, 1.54) is 18.7 Å². The molecule has 2 atom stereocenters. The number of likely N-dealkylation sites (tertiary alicyclic amines) is 1. The molecule has 0 spiro atoms. The number of benzene rings is 1. The molecule has 0 radical (unpaired) electrons. The van der Waals surface area contributed by atoms with Crippen molar-refractivity contribution in [1.82, 2.24) is 9.91 Å². The molecule has 0 aromatic heterocycles. The molecule has 1 N–H and O–H groups in total. The molecule has 3 heteroatoms. The van der Waals surface area contributed by atoms with Crippen molar-refractivity contribution in [2.75, 3.05) is 25.6 Å². The SMILES string of the molecule is CN1CC2CC1CN2Nc1ccccc1. The molecule has 1 aromatic carbocycles. The van der Waals surface area contributed by atoms with E-state index in [4.69, 9.17) is 0 Å². The highest BCUT2D eigenvalue weighted by atomic mass is 15.6. The number of nitrogens with zero attached hydrogens (tertiary/aromatic N) is 2. The standard InChI is InChI=1S/C12H17N3/c1-14-8-12-7-11(14)9-15(12)13-10-5-3-2-4-6-10/h2-6,11-13H,7-9H2,1H3. The second kappa shape index (κ2) is 3.51. The van der Waals surface area contributed by atoms with Gasteiger partial charge >= 0.3 is 0 Å². The Bertz CT molecular complexity index is 336. The minimum atomic E-state index is 0.695. The van der Waals surface area contributed by atoms with E-state index in [0.29, 0.717) is 6.04 Å². The molecule has 1 aromatic rings. The zero-order valence-corrected chi connectivity index (χ0v) is 9.06. The van der Waals surface area contributed by atoms with Gasteiger partial charge in [-0.25, -0.2) is 5.01 Å². The van der Waals surface area contributed by atoms with Crippen molar-refractivity contribution >= 4 is 5.69 Å². The van der Waals surface area contributed by atoms with Gasteiger partial charge in [0, 0.05) is 30.9 Å². The fraction of sp³-hybridized carbons (Fsp3) is 0.500. The lowest BCUT2D eigenvalue weighted by Crippen LogP contribution is -2.47. The van der Waals surface area contributed by atoms with Crippen LogP contribution in [0.1, 0.15) is 6.42 Å². The summed E-state index contributed by atoms with van der Waals surface area (Å²) in [6.07, 6.45) is 1.32. The van der Waals surface area contributed by atoms with E-state index in [2.05, 4.69) is 52.7 Å². The lowest BCUT2D eigenvalue weighted by molar-refractivity contribution is 0.174. The average molecular weight is 203 g/mol. The molecule has 0 aliphatic carbocycles. The van der Waals surface area contributed by atoms with Crippen LogP contribution in [0.4, 0.5) is 5.69 Å². The van der Waals surface area contributed by atoms with Crippen LogP contribution in [0, 0.1) is 0 Å². The van der Waals surface area contributed by atoms with Crippen LogP contribution in [0.3, 0.4) is 0 Å². The molecule has 2 saturated heterocycles. The molecule has 2 fully saturated rings. The van der Waals surface area contributed by atoms with E-state index in [1.807, 2.05) is 0 Å². The Morgan fingerprint density at radius 1 is 1.13 bits per heavy atom. The van der Waals surface area contributed by atoms with Crippen LogP contribution in [0.15, 0.2) is 30.3 Å². The van der Waals surface area contributed by atoms with E-state index >= 15 is 0 Å². The van der Waals surface area contributed by atoms with Crippen molar-refractivity contribution in [3.05, 3.63) is 30.3 Å². The number of hydrazine groups is 1. The Balaban J connectivity index is 1.67. The highest BCUT2D eigenvalue weighted by molar-refractivity contribution is 5.41. The van der Waals surface area contributed by atoms with Crippen LogP contribution in [0.5, 0.6) is 0 Å². The summed E-state index contributed by atoms with van der Waals surface area (Å²) < 4.78 is 0. The molecular weight excluding hydrogens is 186 g/mol. The van der Waals surface area contributed by atoms with Crippen LogP contribution in [0.25, 0.3) is 0 Å². The summed E-state index contributed by atoms with van der Waals surface area (Å²) in [5.41, 5.74) is 4.70. The number of piperazine rings is 1. The zero-order valence-electron chi connectivity index (χ0n) is 9.06. The molecule has 2 bridgehead atoms. The second-order valence-corrected chi connectivity index (χ2v) is 4.61. The maximum absolute atomic E-state index is 3.50. The quantitative estimate of drug-likeness (QED) is 0.784. The normalized spacial score (nSPS) is 31.0. The predicted molar refractivity (Wildman–Crippen MR) is 61.6 cm³/mol. The number of rotatable bonds is 2. The Morgan fingerprint density at radius 2 is 1.93 bits per heavy atom. The van der Waals surface area contributed by atoms with Gasteiger partial charge in [-0.15, -0.1) is 0 Å². The maximum atomic E-state index is 3.50. The summed E-state index contributed by atoms with van der Waals surface area (Å²) >= 11 is 0. The lowest BCUT2D eigenvalue weighted by atomic mass is 10.2. The van der Waals surface area contributed by atoms with Gasteiger partial charge in [-0.3, -0.25) is 0 Å². The van der Waals surface area contributed by atoms with Crippen LogP contribution in [-0.4, -0.2) is 42.1 Å². The molecule has 2 heterocycles. The first-order valence-corrected chi connectivity index (χ1v) is 5.61. The van der Waals surface area contributed by atoms with Crippen molar-refractivity contribution in [3.63, 3.8) is 0 Å². The fourth-order valence-electron chi connectivity index (χ4n) is 2.68. The fourth-order valence-corrected chi connectivity index (χ4v) is 2.68. The molecular formula is C12H17N3. The first kappa shape index (κ1) is 9.19. The third kappa shape index (κ3) is 1.62. The minimum Gasteiger partial charge on any atom is -0.319 e. The molecule has 0 amide bonds. The molecule has 80 valence electrons. The number of fused-ring (bicyclic) bond motifs is 2. The van der Waals surface area contributed by atoms with Gasteiger partial charge in [0.05, 0.1) is 0 Å². The van der Waals surface area contributed by atoms with Crippen LogP contribution in [-0.2, 0) is 0 Å². The Kier molecular flexibility index (Phi) is 2.15. The van der Waals surface area contributed by atoms with E-state index in [0.717, 1.165) is 12.6 Å². The third-order valence-corrected chi connectivity index (χ3v) is 3.56. The average Bonchev–Trinajstić information content (AvgIpc) is 2.78. The number of likely N-dealkylation sites (N-methyl/N-ethyl adjacent to an activating group) is 1. The predicted octanol–water partition coefficient (Wildman–Crippen LogP) is 1.40. The van der Waals surface area contributed by atoms with Gasteiger partial charge in [0.1, 0.15) is 0 Å². The smallest absolute Gasteiger partial charge is 0.0490 e. The van der Waals surface area contributed by atoms with E-state index in [-0.39, 0.29) is 0 Å². The molecule has 2 unspecified atom stereocenters. The number of hydrogen-bond acceptors (Lipinski definition) is 3. The first-order valence-electron chi connectivity index (χ1n) is 5.61. The van der Waals surface area contributed by atoms with E-state index in [1.54, 1.807) is 0 Å². The topological polar surface area (TPSA) is 18.5 Å². The Labute approximate surface area is 90.6 Å². The number of hydrogen-bond donors (Lipinski definition) is 1. The Morgan fingerprint density at radius 3 is 2.53 bits per heavy atom. The third-order valence-electron chi connectivity index (χ3n) is 3.56. The summed E-state index contributed by atoms with van der Waals surface area (Å²) in [5, 5.41) is 2.39. The van der Waals surface area contributed by atoms with Gasteiger partial charge in [-0.2, -0.15) is 0 Å². The molecule has 2 aliphatic heterocycles. The van der Waals surface area contributed by atoms with Crippen molar-refractivity contribution in [2.45, 2.75) is 18.5 Å². The van der Waals surface area contributed by atoms with Crippen LogP contribution in [0.2, 0.25) is 0 Å². The first-order chi connectivity index (χ1) is 7.33. The summed E-state index contributed by atoms with van der Waals surface area (Å²) in [7, 11) is 2.23.